The van der Waals surface area contributed by atoms with Crippen molar-refractivity contribution in [2.75, 3.05) is 26.2 Å². The van der Waals surface area contributed by atoms with E-state index >= 15 is 0 Å². The first-order chi connectivity index (χ1) is 13.0. The van der Waals surface area contributed by atoms with E-state index in [0.29, 0.717) is 38.3 Å². The molecule has 0 unspecified atom stereocenters. The summed E-state index contributed by atoms with van der Waals surface area (Å²) in [7, 11) is 0. The maximum absolute atomic E-state index is 12.9. The van der Waals surface area contributed by atoms with Crippen LogP contribution < -0.4 is 5.32 Å². The van der Waals surface area contributed by atoms with Gasteiger partial charge < -0.3 is 15.1 Å². The molecule has 0 saturated carbocycles. The van der Waals surface area contributed by atoms with E-state index in [2.05, 4.69) is 5.32 Å². The Kier molecular flexibility index (Phi) is 6.06. The Bertz CT molecular complexity index is 807. The van der Waals surface area contributed by atoms with Gasteiger partial charge in [-0.15, -0.1) is 0 Å². The number of halogens is 1. The molecule has 0 aromatic heterocycles. The Morgan fingerprint density at radius 1 is 1.00 bits per heavy atom. The minimum Gasteiger partial charge on any atom is -0.337 e. The predicted octanol–water partition coefficient (Wildman–Crippen LogP) is 3.19. The van der Waals surface area contributed by atoms with Crippen molar-refractivity contribution in [1.82, 2.24) is 15.1 Å². The molecule has 0 spiro atoms. The summed E-state index contributed by atoms with van der Waals surface area (Å²) in [6.07, 6.45) is 0.738. The fourth-order valence-corrected chi connectivity index (χ4v) is 3.18. The van der Waals surface area contributed by atoms with Crippen LogP contribution in [0.1, 0.15) is 27.9 Å². The second-order valence-corrected chi connectivity index (χ2v) is 6.79. The quantitative estimate of drug-likeness (QED) is 0.903. The monoisotopic (exact) mass is 369 g/mol. The number of carbonyl (C=O) groups is 2. The molecular formula is C21H24FN3O2. The number of nitrogens with zero attached hydrogens (tertiary/aromatic N) is 2. The van der Waals surface area contributed by atoms with Crippen LogP contribution in [0.25, 0.3) is 0 Å². The highest BCUT2D eigenvalue weighted by atomic mass is 19.1. The van der Waals surface area contributed by atoms with Gasteiger partial charge in [-0.05, 0) is 43.2 Å². The van der Waals surface area contributed by atoms with Crippen molar-refractivity contribution < 1.29 is 14.0 Å². The first kappa shape index (κ1) is 18.9. The lowest BCUT2D eigenvalue weighted by Crippen LogP contribution is -2.42. The van der Waals surface area contributed by atoms with Gasteiger partial charge >= 0.3 is 6.03 Å². The van der Waals surface area contributed by atoms with Crippen LogP contribution in [0.4, 0.5) is 9.18 Å². The van der Waals surface area contributed by atoms with E-state index in [-0.39, 0.29) is 17.8 Å². The molecule has 1 fully saturated rings. The molecular weight excluding hydrogens is 345 g/mol. The van der Waals surface area contributed by atoms with Crippen LogP contribution in [0.2, 0.25) is 0 Å². The van der Waals surface area contributed by atoms with Crippen molar-refractivity contribution in [3.63, 3.8) is 0 Å². The standard InChI is InChI=1S/C21H24FN3O2/c1-16-4-2-5-18(14-16)20(26)24-10-3-11-25(13-12-24)21(27)23-15-17-6-8-19(22)9-7-17/h2,4-9,14H,3,10-13,15H2,1H3,(H,23,27). The van der Waals surface area contributed by atoms with Gasteiger partial charge in [0.15, 0.2) is 0 Å². The van der Waals surface area contributed by atoms with Crippen molar-refractivity contribution in [2.24, 2.45) is 0 Å². The zero-order chi connectivity index (χ0) is 19.2. The second kappa shape index (κ2) is 8.66. The maximum Gasteiger partial charge on any atom is 0.317 e. The summed E-state index contributed by atoms with van der Waals surface area (Å²) >= 11 is 0. The molecule has 142 valence electrons. The summed E-state index contributed by atoms with van der Waals surface area (Å²) in [6.45, 7) is 4.55. The summed E-state index contributed by atoms with van der Waals surface area (Å²) in [5.41, 5.74) is 2.58. The third kappa shape index (κ3) is 5.06. The van der Waals surface area contributed by atoms with E-state index in [9.17, 15) is 14.0 Å². The molecule has 2 aromatic rings. The number of aryl methyl sites for hydroxylation is 1. The normalized spacial score (nSPS) is 14.6. The van der Waals surface area contributed by atoms with Gasteiger partial charge in [0.05, 0.1) is 0 Å². The van der Waals surface area contributed by atoms with Crippen LogP contribution in [0, 0.1) is 12.7 Å². The highest BCUT2D eigenvalue weighted by Crippen LogP contribution is 2.11. The number of nitrogens with one attached hydrogen (secondary N) is 1. The summed E-state index contributed by atoms with van der Waals surface area (Å²) in [5.74, 6) is -0.289. The lowest BCUT2D eigenvalue weighted by molar-refractivity contribution is 0.0762. The molecule has 3 rings (SSSR count). The molecule has 0 atom stereocenters. The number of carbonyl (C=O) groups excluding carboxylic acids is 2. The average molecular weight is 369 g/mol. The van der Waals surface area contributed by atoms with Crippen LogP contribution in [-0.4, -0.2) is 47.9 Å². The lowest BCUT2D eigenvalue weighted by Gasteiger charge is -2.22. The molecule has 27 heavy (non-hydrogen) atoms. The van der Waals surface area contributed by atoms with Crippen LogP contribution in [-0.2, 0) is 6.54 Å². The number of urea groups is 1. The lowest BCUT2D eigenvalue weighted by atomic mass is 10.1. The molecule has 0 radical (unpaired) electrons. The zero-order valence-corrected chi connectivity index (χ0v) is 15.5. The van der Waals surface area contributed by atoms with Gasteiger partial charge in [0.2, 0.25) is 0 Å². The smallest absolute Gasteiger partial charge is 0.317 e. The summed E-state index contributed by atoms with van der Waals surface area (Å²) < 4.78 is 12.9. The van der Waals surface area contributed by atoms with Crippen molar-refractivity contribution in [3.05, 3.63) is 71.0 Å². The molecule has 1 aliphatic heterocycles. The molecule has 1 heterocycles. The summed E-state index contributed by atoms with van der Waals surface area (Å²) in [4.78, 5) is 28.7. The van der Waals surface area contributed by atoms with Crippen molar-refractivity contribution >= 4 is 11.9 Å². The topological polar surface area (TPSA) is 52.7 Å². The van der Waals surface area contributed by atoms with Crippen LogP contribution in [0.3, 0.4) is 0 Å². The van der Waals surface area contributed by atoms with Crippen molar-refractivity contribution in [2.45, 2.75) is 19.9 Å². The molecule has 0 aliphatic carbocycles. The van der Waals surface area contributed by atoms with E-state index in [1.165, 1.54) is 12.1 Å². The number of amides is 3. The molecule has 5 nitrogen and oxygen atoms in total. The van der Waals surface area contributed by atoms with Gasteiger partial charge in [0, 0.05) is 38.3 Å². The SMILES string of the molecule is Cc1cccc(C(=O)N2CCCN(C(=O)NCc3ccc(F)cc3)CC2)c1. The van der Waals surface area contributed by atoms with Crippen molar-refractivity contribution in [3.8, 4) is 0 Å². The predicted molar refractivity (Wildman–Crippen MR) is 102 cm³/mol. The Balaban J connectivity index is 1.53. The third-order valence-electron chi connectivity index (χ3n) is 4.69. The van der Waals surface area contributed by atoms with Gasteiger partial charge in [-0.2, -0.15) is 0 Å². The number of hydrogen-bond acceptors (Lipinski definition) is 2. The van der Waals surface area contributed by atoms with E-state index in [0.717, 1.165) is 17.5 Å². The Morgan fingerprint density at radius 2 is 1.70 bits per heavy atom. The molecule has 1 N–H and O–H groups in total. The minimum atomic E-state index is -0.295. The Labute approximate surface area is 158 Å². The zero-order valence-electron chi connectivity index (χ0n) is 15.5. The van der Waals surface area contributed by atoms with Gasteiger partial charge in [-0.3, -0.25) is 4.79 Å². The average Bonchev–Trinajstić information content (AvgIpc) is 2.93. The van der Waals surface area contributed by atoms with E-state index in [4.69, 9.17) is 0 Å². The summed E-state index contributed by atoms with van der Waals surface area (Å²) in [6, 6.07) is 13.5. The fourth-order valence-electron chi connectivity index (χ4n) is 3.18. The maximum atomic E-state index is 12.9. The molecule has 2 aromatic carbocycles. The minimum absolute atomic E-state index is 0.00673. The van der Waals surface area contributed by atoms with E-state index in [1.807, 2.05) is 36.1 Å². The number of rotatable bonds is 3. The highest BCUT2D eigenvalue weighted by Gasteiger charge is 2.22. The Hall–Kier alpha value is -2.89. The Morgan fingerprint density at radius 3 is 2.44 bits per heavy atom. The van der Waals surface area contributed by atoms with Gasteiger partial charge in [-0.1, -0.05) is 29.8 Å². The molecule has 1 aliphatic rings. The van der Waals surface area contributed by atoms with Crippen molar-refractivity contribution in [1.29, 1.82) is 0 Å². The van der Waals surface area contributed by atoms with Gasteiger partial charge in [-0.25, -0.2) is 9.18 Å². The molecule has 6 heteroatoms. The van der Waals surface area contributed by atoms with Gasteiger partial charge in [0.1, 0.15) is 5.82 Å². The first-order valence-electron chi connectivity index (χ1n) is 9.16. The van der Waals surface area contributed by atoms with Gasteiger partial charge in [0.25, 0.3) is 5.91 Å². The second-order valence-electron chi connectivity index (χ2n) is 6.79. The molecule has 3 amide bonds. The first-order valence-corrected chi connectivity index (χ1v) is 9.16. The van der Waals surface area contributed by atoms with E-state index in [1.54, 1.807) is 17.0 Å². The van der Waals surface area contributed by atoms with Crippen LogP contribution in [0.15, 0.2) is 48.5 Å². The molecule has 0 bridgehead atoms. The van der Waals surface area contributed by atoms with Crippen LogP contribution >= 0.6 is 0 Å². The highest BCUT2D eigenvalue weighted by molar-refractivity contribution is 5.94. The number of hydrogen-bond donors (Lipinski definition) is 1. The van der Waals surface area contributed by atoms with E-state index < -0.39 is 0 Å². The largest absolute Gasteiger partial charge is 0.337 e. The molecule has 1 saturated heterocycles. The summed E-state index contributed by atoms with van der Waals surface area (Å²) in [5, 5.41) is 2.86. The third-order valence-corrected chi connectivity index (χ3v) is 4.69. The number of benzene rings is 2. The van der Waals surface area contributed by atoms with Crippen LogP contribution in [0.5, 0.6) is 0 Å². The fraction of sp³-hybridized carbons (Fsp3) is 0.333.